The summed E-state index contributed by atoms with van der Waals surface area (Å²) in [5.41, 5.74) is 0.478. The van der Waals surface area contributed by atoms with Crippen molar-refractivity contribution in [2.45, 2.75) is 16.2 Å². The molecule has 13 heteroatoms. The van der Waals surface area contributed by atoms with Crippen LogP contribution in [0.1, 0.15) is 6.42 Å². The van der Waals surface area contributed by atoms with Gasteiger partial charge in [-0.25, -0.2) is 21.6 Å². The highest BCUT2D eigenvalue weighted by atomic mass is 35.5. The molecule has 0 aromatic heterocycles. The number of amides is 1. The van der Waals surface area contributed by atoms with Gasteiger partial charge in [0.05, 0.1) is 12.0 Å². The summed E-state index contributed by atoms with van der Waals surface area (Å²) in [7, 11) is -6.56. The molecule has 0 aliphatic heterocycles. The number of sulfonamides is 2. The van der Waals surface area contributed by atoms with Gasteiger partial charge in [0, 0.05) is 34.4 Å². The Balaban J connectivity index is 1.67. The summed E-state index contributed by atoms with van der Waals surface area (Å²) in [6, 6.07) is 15.8. The number of halogens is 2. The number of rotatable bonds is 10. The third-order valence-electron chi connectivity index (χ3n) is 4.60. The van der Waals surface area contributed by atoms with Crippen LogP contribution in [0, 0.1) is 0 Å². The number of nitrogens with one attached hydrogen (secondary N) is 3. The molecule has 3 aromatic carbocycles. The average molecular weight is 558 g/mol. The van der Waals surface area contributed by atoms with Crippen LogP contribution >= 0.6 is 23.2 Å². The molecule has 0 aliphatic carbocycles. The molecule has 0 heterocycles. The first kappa shape index (κ1) is 26.8. The summed E-state index contributed by atoms with van der Waals surface area (Å²) in [4.78, 5) is 12.2. The average Bonchev–Trinajstić information content (AvgIpc) is 2.80. The van der Waals surface area contributed by atoms with E-state index in [4.69, 9.17) is 27.9 Å². The van der Waals surface area contributed by atoms with Crippen molar-refractivity contribution in [1.82, 2.24) is 4.72 Å². The predicted octanol–water partition coefficient (Wildman–Crippen LogP) is 4.11. The Kier molecular flexibility index (Phi) is 8.62. The van der Waals surface area contributed by atoms with Crippen LogP contribution in [0.3, 0.4) is 0 Å². The SMILES string of the molecule is COc1ccc(NC(=O)CCNS(=O)(=O)c2ccc(Cl)cc2)cc1S(=O)(=O)Nc1ccc(Cl)cc1. The van der Waals surface area contributed by atoms with E-state index in [-0.39, 0.29) is 34.2 Å². The van der Waals surface area contributed by atoms with Gasteiger partial charge in [0.25, 0.3) is 10.0 Å². The molecule has 3 rings (SSSR count). The molecule has 3 N–H and O–H groups in total. The lowest BCUT2D eigenvalue weighted by Crippen LogP contribution is -2.27. The van der Waals surface area contributed by atoms with Gasteiger partial charge in [-0.15, -0.1) is 0 Å². The lowest BCUT2D eigenvalue weighted by Gasteiger charge is -2.14. The molecule has 0 unspecified atom stereocenters. The van der Waals surface area contributed by atoms with E-state index in [9.17, 15) is 21.6 Å². The van der Waals surface area contributed by atoms with Gasteiger partial charge in [0.2, 0.25) is 15.9 Å². The number of ether oxygens (including phenoxy) is 1. The number of anilines is 2. The second-order valence-electron chi connectivity index (χ2n) is 7.13. The Morgan fingerprint density at radius 3 is 2.00 bits per heavy atom. The van der Waals surface area contributed by atoms with Crippen molar-refractivity contribution in [1.29, 1.82) is 0 Å². The van der Waals surface area contributed by atoms with Gasteiger partial charge < -0.3 is 10.1 Å². The first-order valence-electron chi connectivity index (χ1n) is 10.0. The van der Waals surface area contributed by atoms with Crippen LogP contribution in [0.4, 0.5) is 11.4 Å². The molecular weight excluding hydrogens is 537 g/mol. The van der Waals surface area contributed by atoms with Gasteiger partial charge >= 0.3 is 0 Å². The van der Waals surface area contributed by atoms with E-state index in [0.717, 1.165) is 0 Å². The smallest absolute Gasteiger partial charge is 0.265 e. The second kappa shape index (κ2) is 11.3. The molecule has 0 saturated carbocycles. The van der Waals surface area contributed by atoms with E-state index >= 15 is 0 Å². The van der Waals surface area contributed by atoms with Gasteiger partial charge in [-0.05, 0) is 66.7 Å². The Morgan fingerprint density at radius 2 is 1.40 bits per heavy atom. The molecule has 186 valence electrons. The van der Waals surface area contributed by atoms with Crippen LogP contribution < -0.4 is 19.5 Å². The maximum Gasteiger partial charge on any atom is 0.265 e. The number of hydrogen-bond donors (Lipinski definition) is 3. The fourth-order valence-electron chi connectivity index (χ4n) is 2.91. The molecule has 0 radical (unpaired) electrons. The second-order valence-corrected chi connectivity index (χ2v) is 11.4. The fraction of sp³-hybridized carbons (Fsp3) is 0.136. The number of carbonyl (C=O) groups is 1. The minimum absolute atomic E-state index is 0.0144. The summed E-state index contributed by atoms with van der Waals surface area (Å²) in [6.07, 6.45) is -0.191. The third-order valence-corrected chi connectivity index (χ3v) is 7.98. The molecule has 0 saturated heterocycles. The van der Waals surface area contributed by atoms with Gasteiger partial charge in [-0.3, -0.25) is 9.52 Å². The van der Waals surface area contributed by atoms with Crippen molar-refractivity contribution in [3.63, 3.8) is 0 Å². The van der Waals surface area contributed by atoms with E-state index in [1.807, 2.05) is 0 Å². The maximum atomic E-state index is 12.9. The standard InChI is InChI=1S/C22H21Cl2N3O6S2/c1-33-20-11-8-18(14-21(20)35(31,32)27-17-6-2-15(23)3-7-17)26-22(28)12-13-25-34(29,30)19-9-4-16(24)5-10-19/h2-11,14,25,27H,12-13H2,1H3,(H,26,28). The molecule has 9 nitrogen and oxygen atoms in total. The highest BCUT2D eigenvalue weighted by Gasteiger charge is 2.21. The minimum Gasteiger partial charge on any atom is -0.495 e. The topological polar surface area (TPSA) is 131 Å². The summed E-state index contributed by atoms with van der Waals surface area (Å²) >= 11 is 11.6. The number of methoxy groups -OCH3 is 1. The fourth-order valence-corrected chi connectivity index (χ4v) is 5.45. The minimum atomic E-state index is -4.07. The first-order valence-corrected chi connectivity index (χ1v) is 13.7. The highest BCUT2D eigenvalue weighted by molar-refractivity contribution is 7.92. The molecule has 3 aromatic rings. The van der Waals surface area contributed by atoms with Crippen molar-refractivity contribution >= 4 is 60.5 Å². The van der Waals surface area contributed by atoms with E-state index in [0.29, 0.717) is 15.7 Å². The molecule has 1 amide bonds. The van der Waals surface area contributed by atoms with Crippen molar-refractivity contribution < 1.29 is 26.4 Å². The van der Waals surface area contributed by atoms with Crippen LogP contribution in [0.2, 0.25) is 10.0 Å². The van der Waals surface area contributed by atoms with Crippen molar-refractivity contribution in [2.75, 3.05) is 23.7 Å². The van der Waals surface area contributed by atoms with E-state index < -0.39 is 26.0 Å². The zero-order chi connectivity index (χ0) is 25.6. The number of benzene rings is 3. The predicted molar refractivity (Wildman–Crippen MR) is 135 cm³/mol. The van der Waals surface area contributed by atoms with Crippen molar-refractivity contribution in [2.24, 2.45) is 0 Å². The Labute approximate surface area is 213 Å². The lowest BCUT2D eigenvalue weighted by molar-refractivity contribution is -0.116. The summed E-state index contributed by atoms with van der Waals surface area (Å²) < 4.78 is 60.3. The summed E-state index contributed by atoms with van der Waals surface area (Å²) in [6.45, 7) is -0.170. The lowest BCUT2D eigenvalue weighted by atomic mass is 10.3. The van der Waals surface area contributed by atoms with Crippen LogP contribution in [-0.4, -0.2) is 36.4 Å². The molecular formula is C22H21Cl2N3O6S2. The molecule has 0 spiro atoms. The molecule has 0 aliphatic rings. The van der Waals surface area contributed by atoms with E-state index in [1.165, 1.54) is 73.8 Å². The third kappa shape index (κ3) is 7.33. The first-order chi connectivity index (χ1) is 16.5. The van der Waals surface area contributed by atoms with Crippen LogP contribution in [0.5, 0.6) is 5.75 Å². The van der Waals surface area contributed by atoms with Crippen LogP contribution in [-0.2, 0) is 24.8 Å². The monoisotopic (exact) mass is 557 g/mol. The van der Waals surface area contributed by atoms with Gasteiger partial charge in [-0.1, -0.05) is 23.2 Å². The van der Waals surface area contributed by atoms with Crippen LogP contribution in [0.25, 0.3) is 0 Å². The van der Waals surface area contributed by atoms with Gasteiger partial charge in [0.15, 0.2) is 0 Å². The van der Waals surface area contributed by atoms with Gasteiger partial charge in [0.1, 0.15) is 10.6 Å². The normalized spacial score (nSPS) is 11.6. The summed E-state index contributed by atoms with van der Waals surface area (Å²) in [5.74, 6) is -0.455. The Hall–Kier alpha value is -2.83. The quantitative estimate of drug-likeness (QED) is 0.343. The maximum absolute atomic E-state index is 12.9. The number of carbonyl (C=O) groups excluding carboxylic acids is 1. The molecule has 0 fully saturated rings. The summed E-state index contributed by atoms with van der Waals surface area (Å²) in [5, 5.41) is 3.40. The molecule has 0 bridgehead atoms. The largest absolute Gasteiger partial charge is 0.495 e. The Bertz CT molecular complexity index is 1410. The van der Waals surface area contributed by atoms with E-state index in [1.54, 1.807) is 0 Å². The van der Waals surface area contributed by atoms with Crippen molar-refractivity contribution in [3.05, 3.63) is 76.8 Å². The highest BCUT2D eigenvalue weighted by Crippen LogP contribution is 2.29. The zero-order valence-corrected chi connectivity index (χ0v) is 21.4. The van der Waals surface area contributed by atoms with Crippen molar-refractivity contribution in [3.8, 4) is 5.75 Å². The van der Waals surface area contributed by atoms with E-state index in [2.05, 4.69) is 14.8 Å². The molecule has 35 heavy (non-hydrogen) atoms. The molecule has 0 atom stereocenters. The Morgan fingerprint density at radius 1 is 0.829 bits per heavy atom. The van der Waals surface area contributed by atoms with Gasteiger partial charge in [-0.2, -0.15) is 0 Å². The zero-order valence-electron chi connectivity index (χ0n) is 18.3. The number of hydrogen-bond acceptors (Lipinski definition) is 6. The van der Waals surface area contributed by atoms with Crippen LogP contribution in [0.15, 0.2) is 76.5 Å².